The minimum absolute atomic E-state index is 0.200. The molecule has 3 aromatic rings. The van der Waals surface area contributed by atoms with E-state index in [-0.39, 0.29) is 6.17 Å². The molecule has 0 spiro atoms. The van der Waals surface area contributed by atoms with Crippen LogP contribution in [-0.2, 0) is 4.79 Å². The van der Waals surface area contributed by atoms with E-state index in [0.29, 0.717) is 6.42 Å². The predicted octanol–water partition coefficient (Wildman–Crippen LogP) is 6.19. The molecule has 4 rings (SSSR count). The summed E-state index contributed by atoms with van der Waals surface area (Å²) in [4.78, 5) is 14.2. The van der Waals surface area contributed by atoms with Gasteiger partial charge in [-0.25, -0.2) is 0 Å². The van der Waals surface area contributed by atoms with Gasteiger partial charge in [0, 0.05) is 6.54 Å². The Kier molecular flexibility index (Phi) is 7.46. The Hall–Kier alpha value is -3.53. The van der Waals surface area contributed by atoms with Crippen molar-refractivity contribution in [2.45, 2.75) is 44.7 Å². The summed E-state index contributed by atoms with van der Waals surface area (Å²) >= 11 is 0. The van der Waals surface area contributed by atoms with Crippen LogP contribution >= 0.6 is 0 Å². The topological polar surface area (TPSA) is 52.6 Å². The normalized spacial score (nSPS) is 16.5. The zero-order chi connectivity index (χ0) is 23.0. The van der Waals surface area contributed by atoms with Gasteiger partial charge in [0.1, 0.15) is 0 Å². The third-order valence-electron chi connectivity index (χ3n) is 6.35. The molecule has 3 aromatic carbocycles. The quantitative estimate of drug-likeness (QED) is 0.369. The second-order valence-corrected chi connectivity index (χ2v) is 8.62. The highest BCUT2D eigenvalue weighted by molar-refractivity contribution is 5.91. The van der Waals surface area contributed by atoms with Gasteiger partial charge >= 0.3 is 5.97 Å². The lowest BCUT2D eigenvalue weighted by atomic mass is 9.93. The van der Waals surface area contributed by atoms with E-state index in [1.54, 1.807) is 0 Å². The number of aliphatic carboxylic acids is 1. The Morgan fingerprint density at radius 1 is 0.848 bits per heavy atom. The van der Waals surface area contributed by atoms with Gasteiger partial charge in [-0.1, -0.05) is 104 Å². The SMILES string of the molecule is CC1NC(c2ccccc2)=C(c2ccccc2)N1CCCCCC(C(=O)O)c1ccccc1. The molecule has 4 nitrogen and oxygen atoms in total. The molecule has 1 aliphatic rings. The number of hydrogen-bond donors (Lipinski definition) is 2. The van der Waals surface area contributed by atoms with E-state index >= 15 is 0 Å². The third-order valence-corrected chi connectivity index (χ3v) is 6.35. The summed E-state index contributed by atoms with van der Waals surface area (Å²) < 4.78 is 0. The van der Waals surface area contributed by atoms with E-state index < -0.39 is 11.9 Å². The lowest BCUT2D eigenvalue weighted by molar-refractivity contribution is -0.139. The van der Waals surface area contributed by atoms with Crippen LogP contribution in [0.15, 0.2) is 91.0 Å². The Morgan fingerprint density at radius 3 is 2.03 bits per heavy atom. The van der Waals surface area contributed by atoms with Gasteiger partial charge in [0.25, 0.3) is 0 Å². The molecule has 0 saturated carbocycles. The van der Waals surface area contributed by atoms with Gasteiger partial charge in [-0.2, -0.15) is 0 Å². The molecular weight excluding hydrogens is 408 g/mol. The van der Waals surface area contributed by atoms with Crippen LogP contribution in [0.1, 0.15) is 55.2 Å². The number of benzene rings is 3. The first-order valence-corrected chi connectivity index (χ1v) is 11.8. The molecular formula is C29H32N2O2. The van der Waals surface area contributed by atoms with Crippen LogP contribution in [0.25, 0.3) is 11.4 Å². The first kappa shape index (κ1) is 22.7. The molecule has 0 aliphatic carbocycles. The molecule has 0 amide bonds. The van der Waals surface area contributed by atoms with E-state index in [0.717, 1.165) is 31.4 Å². The number of nitrogens with one attached hydrogen (secondary N) is 1. The van der Waals surface area contributed by atoms with Crippen molar-refractivity contribution >= 4 is 17.4 Å². The van der Waals surface area contributed by atoms with Gasteiger partial charge < -0.3 is 15.3 Å². The van der Waals surface area contributed by atoms with Crippen LogP contribution < -0.4 is 5.32 Å². The van der Waals surface area contributed by atoms with Gasteiger partial charge in [0.15, 0.2) is 0 Å². The maximum atomic E-state index is 11.8. The van der Waals surface area contributed by atoms with E-state index in [1.807, 2.05) is 42.5 Å². The highest BCUT2D eigenvalue weighted by Crippen LogP contribution is 2.35. The number of carbonyl (C=O) groups is 1. The first-order chi connectivity index (χ1) is 16.1. The summed E-state index contributed by atoms with van der Waals surface area (Å²) in [6, 6.07) is 30.6. The van der Waals surface area contributed by atoms with Gasteiger partial charge in [0.05, 0.1) is 23.5 Å². The lowest BCUT2D eigenvalue weighted by Crippen LogP contribution is -2.34. The average molecular weight is 441 g/mol. The molecule has 4 heteroatoms. The minimum Gasteiger partial charge on any atom is -0.481 e. The lowest BCUT2D eigenvalue weighted by Gasteiger charge is -2.27. The number of carboxylic acid groups (broad SMARTS) is 1. The fraction of sp³-hybridized carbons (Fsp3) is 0.276. The van der Waals surface area contributed by atoms with Crippen LogP contribution in [0.3, 0.4) is 0 Å². The standard InChI is InChI=1S/C29H32N2O2/c1-22-30-27(24-16-8-3-9-17-24)28(25-18-10-4-11-19-25)31(22)21-13-5-12-20-26(29(32)33)23-14-6-2-7-15-23/h2-4,6-11,14-19,22,26,30H,5,12-13,20-21H2,1H3,(H,32,33). The van der Waals surface area contributed by atoms with Crippen molar-refractivity contribution in [3.05, 3.63) is 108 Å². The summed E-state index contributed by atoms with van der Waals surface area (Å²) in [5, 5.41) is 13.4. The Morgan fingerprint density at radius 2 is 1.42 bits per heavy atom. The maximum absolute atomic E-state index is 11.8. The molecule has 0 bridgehead atoms. The van der Waals surface area contributed by atoms with Crippen LogP contribution in [0.2, 0.25) is 0 Å². The molecule has 1 aliphatic heterocycles. The molecule has 2 atom stereocenters. The zero-order valence-electron chi connectivity index (χ0n) is 19.2. The second-order valence-electron chi connectivity index (χ2n) is 8.62. The van der Waals surface area contributed by atoms with E-state index in [1.165, 1.54) is 22.5 Å². The van der Waals surface area contributed by atoms with Crippen LogP contribution in [0, 0.1) is 0 Å². The van der Waals surface area contributed by atoms with Crippen LogP contribution in [-0.4, -0.2) is 28.7 Å². The molecule has 0 saturated heterocycles. The highest BCUT2D eigenvalue weighted by atomic mass is 16.4. The third kappa shape index (κ3) is 5.46. The molecule has 170 valence electrons. The van der Waals surface area contributed by atoms with Crippen LogP contribution in [0.4, 0.5) is 0 Å². The highest BCUT2D eigenvalue weighted by Gasteiger charge is 2.29. The Bertz CT molecular complexity index is 1060. The molecule has 2 N–H and O–H groups in total. The van der Waals surface area contributed by atoms with Crippen molar-refractivity contribution in [3.63, 3.8) is 0 Å². The number of hydrogen-bond acceptors (Lipinski definition) is 3. The smallest absolute Gasteiger partial charge is 0.310 e. The summed E-state index contributed by atoms with van der Waals surface area (Å²) in [6.07, 6.45) is 3.79. The van der Waals surface area contributed by atoms with Gasteiger partial charge in [0.2, 0.25) is 0 Å². The summed E-state index contributed by atoms with van der Waals surface area (Å²) in [6.45, 7) is 3.13. The molecule has 0 aromatic heterocycles. The average Bonchev–Trinajstić information content (AvgIpc) is 3.18. The number of unbranched alkanes of at least 4 members (excludes halogenated alkanes) is 2. The van der Waals surface area contributed by atoms with Crippen molar-refractivity contribution in [3.8, 4) is 0 Å². The van der Waals surface area contributed by atoms with Gasteiger partial charge in [-0.05, 0) is 36.5 Å². The largest absolute Gasteiger partial charge is 0.481 e. The van der Waals surface area contributed by atoms with Gasteiger partial charge in [-0.3, -0.25) is 4.79 Å². The molecule has 0 fully saturated rings. The fourth-order valence-electron chi connectivity index (χ4n) is 4.65. The van der Waals surface area contributed by atoms with E-state index in [4.69, 9.17) is 0 Å². The molecule has 33 heavy (non-hydrogen) atoms. The van der Waals surface area contributed by atoms with Gasteiger partial charge in [-0.15, -0.1) is 0 Å². The Labute approximate surface area is 196 Å². The van der Waals surface area contributed by atoms with Crippen LogP contribution in [0.5, 0.6) is 0 Å². The second kappa shape index (κ2) is 10.9. The minimum atomic E-state index is -0.736. The van der Waals surface area contributed by atoms with Crippen molar-refractivity contribution in [2.24, 2.45) is 0 Å². The number of rotatable bonds is 10. The monoisotopic (exact) mass is 440 g/mol. The van der Waals surface area contributed by atoms with Crippen molar-refractivity contribution in [1.82, 2.24) is 10.2 Å². The first-order valence-electron chi connectivity index (χ1n) is 11.8. The molecule has 2 unspecified atom stereocenters. The van der Waals surface area contributed by atoms with Crippen molar-refractivity contribution in [1.29, 1.82) is 0 Å². The zero-order valence-corrected chi connectivity index (χ0v) is 19.2. The number of carboxylic acids is 1. The molecule has 0 radical (unpaired) electrons. The molecule has 1 heterocycles. The van der Waals surface area contributed by atoms with E-state index in [2.05, 4.69) is 65.7 Å². The van der Waals surface area contributed by atoms with E-state index in [9.17, 15) is 9.90 Å². The summed E-state index contributed by atoms with van der Waals surface area (Å²) in [5.41, 5.74) is 5.71. The van der Waals surface area contributed by atoms with Crippen molar-refractivity contribution in [2.75, 3.05) is 6.54 Å². The summed E-state index contributed by atoms with van der Waals surface area (Å²) in [7, 11) is 0. The number of nitrogens with zero attached hydrogens (tertiary/aromatic N) is 1. The van der Waals surface area contributed by atoms with Crippen molar-refractivity contribution < 1.29 is 9.90 Å². The predicted molar refractivity (Wildman–Crippen MR) is 134 cm³/mol. The Balaban J connectivity index is 1.42. The fourth-order valence-corrected chi connectivity index (χ4v) is 4.65. The summed E-state index contributed by atoms with van der Waals surface area (Å²) in [5.74, 6) is -1.16. The maximum Gasteiger partial charge on any atom is 0.310 e.